The molecule has 2 atom stereocenters. The molecule has 1 aromatic rings. The average molecular weight is 311 g/mol. The Morgan fingerprint density at radius 2 is 2.14 bits per heavy atom. The molecule has 1 N–H and O–H groups in total. The van der Waals surface area contributed by atoms with Crippen LogP contribution in [-0.2, 0) is 4.74 Å². The molecule has 1 saturated heterocycles. The van der Waals surface area contributed by atoms with Gasteiger partial charge in [0.1, 0.15) is 10.6 Å². The number of carboxylic acids is 1. The third kappa shape index (κ3) is 4.07. The van der Waals surface area contributed by atoms with Crippen molar-refractivity contribution in [2.45, 2.75) is 44.4 Å². The number of aromatic nitrogens is 2. The van der Waals surface area contributed by atoms with Crippen LogP contribution in [0.1, 0.15) is 37.6 Å². The average Bonchev–Trinajstić information content (AvgIpc) is 2.43. The van der Waals surface area contributed by atoms with E-state index in [9.17, 15) is 9.90 Å². The van der Waals surface area contributed by atoms with Crippen molar-refractivity contribution < 1.29 is 14.6 Å². The van der Waals surface area contributed by atoms with Crippen molar-refractivity contribution in [3.05, 3.63) is 11.8 Å². The highest BCUT2D eigenvalue weighted by Gasteiger charge is 2.25. The molecule has 0 radical (unpaired) electrons. The van der Waals surface area contributed by atoms with E-state index in [1.807, 2.05) is 13.8 Å². The van der Waals surface area contributed by atoms with E-state index in [1.54, 1.807) is 0 Å². The Bertz CT molecular complexity index is 502. The molecule has 0 saturated carbocycles. The molecule has 1 aliphatic rings. The Kier molecular flexibility index (Phi) is 5.41. The summed E-state index contributed by atoms with van der Waals surface area (Å²) in [6, 6.07) is 0. The number of anilines is 1. The lowest BCUT2D eigenvalue weighted by atomic mass is 10.2. The van der Waals surface area contributed by atoms with Gasteiger partial charge in [-0.05, 0) is 26.0 Å². The van der Waals surface area contributed by atoms with Gasteiger partial charge in [0.2, 0.25) is 5.95 Å². The highest BCUT2D eigenvalue weighted by molar-refractivity contribution is 7.99. The van der Waals surface area contributed by atoms with E-state index in [-0.39, 0.29) is 17.8 Å². The summed E-state index contributed by atoms with van der Waals surface area (Å²) in [7, 11) is 0. The van der Waals surface area contributed by atoms with Crippen LogP contribution < -0.4 is 4.90 Å². The molecule has 1 fully saturated rings. The summed E-state index contributed by atoms with van der Waals surface area (Å²) in [5.41, 5.74) is 0.173. The van der Waals surface area contributed by atoms with Crippen molar-refractivity contribution in [2.75, 3.05) is 23.7 Å². The summed E-state index contributed by atoms with van der Waals surface area (Å²) in [6.07, 6.45) is 2.61. The minimum absolute atomic E-state index is 0.114. The Morgan fingerprint density at radius 3 is 2.71 bits per heavy atom. The van der Waals surface area contributed by atoms with Crippen molar-refractivity contribution in [2.24, 2.45) is 0 Å². The summed E-state index contributed by atoms with van der Waals surface area (Å²) < 4.78 is 5.70. The number of thioether (sulfide) groups is 1. The number of carbonyl (C=O) groups is 1. The van der Waals surface area contributed by atoms with Crippen molar-refractivity contribution in [3.63, 3.8) is 0 Å². The first-order chi connectivity index (χ1) is 10.0. The van der Waals surface area contributed by atoms with E-state index >= 15 is 0 Å². The summed E-state index contributed by atoms with van der Waals surface area (Å²) >= 11 is 1.47. The molecule has 0 bridgehead atoms. The van der Waals surface area contributed by atoms with Crippen LogP contribution in [0.5, 0.6) is 0 Å². The van der Waals surface area contributed by atoms with Crippen LogP contribution in [-0.4, -0.2) is 52.1 Å². The van der Waals surface area contributed by atoms with E-state index in [0.29, 0.717) is 24.1 Å². The second kappa shape index (κ2) is 7.09. The van der Waals surface area contributed by atoms with Gasteiger partial charge in [-0.1, -0.05) is 6.92 Å². The second-order valence-corrected chi connectivity index (χ2v) is 6.29. The quantitative estimate of drug-likeness (QED) is 0.660. The maximum absolute atomic E-state index is 11.2. The minimum Gasteiger partial charge on any atom is -0.478 e. The standard InChI is InChI=1S/C14H21N3O3S/c1-4-5-21-12-11(13(18)19)6-15-14(16-12)17-7-9(2)20-10(3)8-17/h6,9-10H,4-5,7-8H2,1-3H3,(H,18,19)/t9-,10+. The molecule has 116 valence electrons. The largest absolute Gasteiger partial charge is 0.478 e. The van der Waals surface area contributed by atoms with Gasteiger partial charge in [-0.3, -0.25) is 0 Å². The Labute approximate surface area is 128 Å². The smallest absolute Gasteiger partial charge is 0.340 e. The van der Waals surface area contributed by atoms with Crippen molar-refractivity contribution in [1.82, 2.24) is 9.97 Å². The molecule has 0 unspecified atom stereocenters. The maximum atomic E-state index is 11.2. The van der Waals surface area contributed by atoms with E-state index in [4.69, 9.17) is 4.74 Å². The molecule has 0 aromatic carbocycles. The highest BCUT2D eigenvalue weighted by Crippen LogP contribution is 2.24. The molecule has 21 heavy (non-hydrogen) atoms. The van der Waals surface area contributed by atoms with Crippen LogP contribution >= 0.6 is 11.8 Å². The van der Waals surface area contributed by atoms with Crippen LogP contribution in [0.2, 0.25) is 0 Å². The molecular weight excluding hydrogens is 290 g/mol. The van der Waals surface area contributed by atoms with Gasteiger partial charge in [0.05, 0.1) is 12.2 Å². The van der Waals surface area contributed by atoms with Crippen LogP contribution in [0.15, 0.2) is 11.2 Å². The summed E-state index contributed by atoms with van der Waals surface area (Å²) in [6.45, 7) is 7.52. The number of carboxylic acid groups (broad SMARTS) is 1. The monoisotopic (exact) mass is 311 g/mol. The van der Waals surface area contributed by atoms with E-state index in [1.165, 1.54) is 18.0 Å². The third-order valence-corrected chi connectivity index (χ3v) is 4.31. The third-order valence-electron chi connectivity index (χ3n) is 3.12. The number of rotatable bonds is 5. The molecule has 1 aliphatic heterocycles. The normalized spacial score (nSPS) is 22.3. The zero-order valence-corrected chi connectivity index (χ0v) is 13.4. The number of ether oxygens (including phenoxy) is 1. The first-order valence-electron chi connectivity index (χ1n) is 7.14. The van der Waals surface area contributed by atoms with Gasteiger partial charge in [-0.25, -0.2) is 14.8 Å². The van der Waals surface area contributed by atoms with Gasteiger partial charge in [-0.2, -0.15) is 0 Å². The predicted molar refractivity (Wildman–Crippen MR) is 82.2 cm³/mol. The SMILES string of the molecule is CCCSc1nc(N2C[C@@H](C)O[C@@H](C)C2)ncc1C(=O)O. The first-order valence-corrected chi connectivity index (χ1v) is 8.13. The first kappa shape index (κ1) is 16.0. The molecule has 2 heterocycles. The van der Waals surface area contributed by atoms with Crippen molar-refractivity contribution in [3.8, 4) is 0 Å². The van der Waals surface area contributed by atoms with E-state index < -0.39 is 5.97 Å². The summed E-state index contributed by atoms with van der Waals surface area (Å²) in [5, 5.41) is 9.77. The van der Waals surface area contributed by atoms with Crippen molar-refractivity contribution in [1.29, 1.82) is 0 Å². The summed E-state index contributed by atoms with van der Waals surface area (Å²) in [5.74, 6) is 0.441. The molecule has 0 amide bonds. The summed E-state index contributed by atoms with van der Waals surface area (Å²) in [4.78, 5) is 22.0. The maximum Gasteiger partial charge on any atom is 0.340 e. The Morgan fingerprint density at radius 1 is 1.48 bits per heavy atom. The van der Waals surface area contributed by atoms with E-state index in [0.717, 1.165) is 12.2 Å². The van der Waals surface area contributed by atoms with Crippen molar-refractivity contribution >= 4 is 23.7 Å². The number of hydrogen-bond donors (Lipinski definition) is 1. The lowest BCUT2D eigenvalue weighted by Crippen LogP contribution is -2.46. The second-order valence-electron chi connectivity index (χ2n) is 5.20. The van der Waals surface area contributed by atoms with E-state index in [2.05, 4.69) is 21.8 Å². The van der Waals surface area contributed by atoms with Crippen LogP contribution in [0, 0.1) is 0 Å². The highest BCUT2D eigenvalue weighted by atomic mass is 32.2. The molecule has 2 rings (SSSR count). The molecule has 0 aliphatic carbocycles. The van der Waals surface area contributed by atoms with Gasteiger partial charge >= 0.3 is 5.97 Å². The van der Waals surface area contributed by atoms with Gasteiger partial charge in [0.25, 0.3) is 0 Å². The number of morpholine rings is 1. The lowest BCUT2D eigenvalue weighted by molar-refractivity contribution is -0.00577. The van der Waals surface area contributed by atoms with Crippen LogP contribution in [0.3, 0.4) is 0 Å². The van der Waals surface area contributed by atoms with Gasteiger partial charge in [0.15, 0.2) is 0 Å². The predicted octanol–water partition coefficient (Wildman–Crippen LogP) is 2.29. The Balaban J connectivity index is 2.25. The fraction of sp³-hybridized carbons (Fsp3) is 0.643. The lowest BCUT2D eigenvalue weighted by Gasteiger charge is -2.35. The van der Waals surface area contributed by atoms with Gasteiger partial charge in [0, 0.05) is 19.3 Å². The number of nitrogens with zero attached hydrogens (tertiary/aromatic N) is 3. The van der Waals surface area contributed by atoms with Crippen LogP contribution in [0.25, 0.3) is 0 Å². The van der Waals surface area contributed by atoms with Gasteiger partial charge < -0.3 is 14.7 Å². The molecule has 1 aromatic heterocycles. The zero-order chi connectivity index (χ0) is 15.4. The molecule has 7 heteroatoms. The molecular formula is C14H21N3O3S. The van der Waals surface area contributed by atoms with Crippen LogP contribution in [0.4, 0.5) is 5.95 Å². The Hall–Kier alpha value is -1.34. The molecule has 0 spiro atoms. The fourth-order valence-electron chi connectivity index (χ4n) is 2.31. The number of aromatic carboxylic acids is 1. The molecule has 6 nitrogen and oxygen atoms in total. The topological polar surface area (TPSA) is 75.5 Å². The minimum atomic E-state index is -0.983. The zero-order valence-electron chi connectivity index (χ0n) is 12.6. The van der Waals surface area contributed by atoms with Gasteiger partial charge in [-0.15, -0.1) is 11.8 Å². The number of hydrogen-bond acceptors (Lipinski definition) is 6. The fourth-order valence-corrected chi connectivity index (χ4v) is 3.15.